The molecule has 0 saturated carbocycles. The number of nitrogens with zero attached hydrogens (tertiary/aromatic N) is 1. The lowest BCUT2D eigenvalue weighted by Crippen LogP contribution is -2.74. The van der Waals surface area contributed by atoms with Gasteiger partial charge in [0.1, 0.15) is 12.7 Å². The van der Waals surface area contributed by atoms with Crippen LogP contribution in [0.3, 0.4) is 0 Å². The molecule has 1 aromatic heterocycles. The van der Waals surface area contributed by atoms with E-state index in [9.17, 15) is 0 Å². The second-order valence-corrected chi connectivity index (χ2v) is 8.77. The van der Waals surface area contributed by atoms with E-state index in [4.69, 9.17) is 4.74 Å². The van der Waals surface area contributed by atoms with Crippen molar-refractivity contribution < 1.29 is 9.30 Å². The number of rotatable bonds is 7. The zero-order valence-electron chi connectivity index (χ0n) is 21.2. The standard InChI is InChI=1S/C24H20B.C9H14NO/c1-5-13-21(14-6-1)25(22-15-7-2-8-16-22,23-17-9-3-10-18-23)24-19-11-4-12-20-24;1-3-10-8-6-5-7-9(10)11-4-2/h1-20H;5-8H,3-4H2,1-2H3/q-1;+1. The van der Waals surface area contributed by atoms with Gasteiger partial charge >= 0.3 is 5.88 Å². The first-order valence-electron chi connectivity index (χ1n) is 12.8. The minimum Gasteiger partial charge on any atom is -0.445 e. The number of hydrogen-bond donors (Lipinski definition) is 0. The van der Waals surface area contributed by atoms with Gasteiger partial charge in [-0.15, -0.1) is 0 Å². The van der Waals surface area contributed by atoms with Crippen molar-refractivity contribution in [3.05, 3.63) is 146 Å². The summed E-state index contributed by atoms with van der Waals surface area (Å²) in [6.07, 6.45) is 0.803. The first-order chi connectivity index (χ1) is 17.8. The van der Waals surface area contributed by atoms with E-state index in [1.54, 1.807) is 0 Å². The van der Waals surface area contributed by atoms with Gasteiger partial charge in [0, 0.05) is 6.07 Å². The van der Waals surface area contributed by atoms with Crippen molar-refractivity contribution in [3.63, 3.8) is 0 Å². The molecule has 180 valence electrons. The van der Waals surface area contributed by atoms with Crippen LogP contribution in [0.4, 0.5) is 0 Å². The summed E-state index contributed by atoms with van der Waals surface area (Å²) in [6, 6.07) is 49.5. The van der Waals surface area contributed by atoms with Crippen molar-refractivity contribution in [1.82, 2.24) is 0 Å². The smallest absolute Gasteiger partial charge is 0.367 e. The molecule has 0 N–H and O–H groups in total. The van der Waals surface area contributed by atoms with Crippen molar-refractivity contribution in [2.45, 2.75) is 20.4 Å². The molecule has 0 aliphatic carbocycles. The van der Waals surface area contributed by atoms with E-state index in [-0.39, 0.29) is 0 Å². The van der Waals surface area contributed by atoms with Crippen molar-refractivity contribution in [2.24, 2.45) is 0 Å². The SMILES string of the molecule is CCOc1cccc[n+]1CC.c1ccc([B-](c2ccccc2)(c2ccccc2)c2ccccc2)cc1. The highest BCUT2D eigenvalue weighted by Crippen LogP contribution is 2.09. The molecule has 0 unspecified atom stereocenters. The molecule has 0 radical (unpaired) electrons. The molecule has 0 aliphatic rings. The van der Waals surface area contributed by atoms with Gasteiger partial charge < -0.3 is 4.74 Å². The topological polar surface area (TPSA) is 13.1 Å². The molecule has 0 bridgehead atoms. The van der Waals surface area contributed by atoms with E-state index in [1.807, 2.05) is 31.3 Å². The van der Waals surface area contributed by atoms with E-state index in [0.717, 1.165) is 19.0 Å². The second kappa shape index (κ2) is 12.6. The summed E-state index contributed by atoms with van der Waals surface area (Å²) in [5.41, 5.74) is 5.36. The lowest BCUT2D eigenvalue weighted by Gasteiger charge is -2.44. The zero-order chi connectivity index (χ0) is 25.1. The minimum absolute atomic E-state index is 0.726. The Hall–Kier alpha value is -4.11. The van der Waals surface area contributed by atoms with E-state index >= 15 is 0 Å². The normalized spacial score (nSPS) is 10.7. The fourth-order valence-electron chi connectivity index (χ4n) is 5.12. The predicted octanol–water partition coefficient (Wildman–Crippen LogP) is 4.46. The number of aromatic nitrogens is 1. The third kappa shape index (κ3) is 5.41. The van der Waals surface area contributed by atoms with Gasteiger partial charge in [-0.1, -0.05) is 121 Å². The van der Waals surface area contributed by atoms with Crippen LogP contribution in [0.15, 0.2) is 146 Å². The second-order valence-electron chi connectivity index (χ2n) is 8.77. The van der Waals surface area contributed by atoms with Gasteiger partial charge in [0.15, 0.2) is 6.20 Å². The molecule has 4 aromatic carbocycles. The van der Waals surface area contributed by atoms with Crippen molar-refractivity contribution in [1.29, 1.82) is 0 Å². The van der Waals surface area contributed by atoms with Gasteiger partial charge in [-0.05, 0) is 19.9 Å². The molecule has 0 saturated heterocycles. The van der Waals surface area contributed by atoms with Crippen LogP contribution < -0.4 is 31.2 Å². The Morgan fingerprint density at radius 1 is 0.500 bits per heavy atom. The van der Waals surface area contributed by atoms with E-state index in [1.165, 1.54) is 21.9 Å². The van der Waals surface area contributed by atoms with Crippen LogP contribution in [0.25, 0.3) is 0 Å². The first kappa shape index (κ1) is 25.0. The number of aryl methyl sites for hydroxylation is 1. The summed E-state index contributed by atoms with van der Waals surface area (Å²) in [6.45, 7) is 5.77. The molecular weight excluding hydrogens is 437 g/mol. The summed E-state index contributed by atoms with van der Waals surface area (Å²) in [5, 5.41) is 0. The van der Waals surface area contributed by atoms with Crippen LogP contribution in [0.1, 0.15) is 13.8 Å². The first-order valence-corrected chi connectivity index (χ1v) is 12.8. The van der Waals surface area contributed by atoms with Crippen LogP contribution in [0.2, 0.25) is 0 Å². The van der Waals surface area contributed by atoms with E-state index < -0.39 is 6.15 Å². The third-order valence-corrected chi connectivity index (χ3v) is 6.73. The van der Waals surface area contributed by atoms with Gasteiger partial charge in [-0.3, -0.25) is 0 Å². The number of pyridine rings is 1. The zero-order valence-corrected chi connectivity index (χ0v) is 21.2. The van der Waals surface area contributed by atoms with Crippen LogP contribution >= 0.6 is 0 Å². The van der Waals surface area contributed by atoms with Crippen LogP contribution in [0, 0.1) is 0 Å². The molecule has 0 aliphatic heterocycles. The summed E-state index contributed by atoms with van der Waals surface area (Å²) < 4.78 is 7.46. The summed E-state index contributed by atoms with van der Waals surface area (Å²) in [7, 11) is 0. The minimum atomic E-state index is -1.22. The fraction of sp³-hybridized carbons (Fsp3) is 0.121. The lowest BCUT2D eigenvalue weighted by molar-refractivity contribution is -0.698. The van der Waals surface area contributed by atoms with Crippen molar-refractivity contribution >= 4 is 28.0 Å². The molecule has 36 heavy (non-hydrogen) atoms. The van der Waals surface area contributed by atoms with Gasteiger partial charge in [0.05, 0.1) is 12.7 Å². The van der Waals surface area contributed by atoms with Gasteiger partial charge in [-0.2, -0.15) is 26.4 Å². The molecule has 5 aromatic rings. The molecular formula is C33H34BNO. The Labute approximate surface area is 215 Å². The lowest BCUT2D eigenvalue weighted by atomic mass is 9.13. The quantitative estimate of drug-likeness (QED) is 0.253. The summed E-state index contributed by atoms with van der Waals surface area (Å²) in [4.78, 5) is 0. The average molecular weight is 471 g/mol. The predicted molar refractivity (Wildman–Crippen MR) is 154 cm³/mol. The largest absolute Gasteiger partial charge is 0.445 e. The van der Waals surface area contributed by atoms with Crippen LogP contribution in [-0.2, 0) is 6.54 Å². The fourth-order valence-corrected chi connectivity index (χ4v) is 5.12. The third-order valence-electron chi connectivity index (χ3n) is 6.73. The van der Waals surface area contributed by atoms with Gasteiger partial charge in [0.2, 0.25) is 0 Å². The molecule has 3 heteroatoms. The maximum absolute atomic E-state index is 5.39. The molecule has 2 nitrogen and oxygen atoms in total. The monoisotopic (exact) mass is 471 g/mol. The highest BCUT2D eigenvalue weighted by molar-refractivity contribution is 7.19. The Kier molecular flexibility index (Phi) is 8.72. The maximum atomic E-state index is 5.39. The Morgan fingerprint density at radius 2 is 0.861 bits per heavy atom. The summed E-state index contributed by atoms with van der Waals surface area (Å²) >= 11 is 0. The van der Waals surface area contributed by atoms with Gasteiger partial charge in [0.25, 0.3) is 0 Å². The average Bonchev–Trinajstić information content (AvgIpc) is 2.97. The molecule has 0 fully saturated rings. The Bertz CT molecular complexity index is 1150. The van der Waals surface area contributed by atoms with Crippen molar-refractivity contribution in [3.8, 4) is 5.88 Å². The molecule has 1 heterocycles. The maximum Gasteiger partial charge on any atom is 0.367 e. The number of benzene rings is 4. The Balaban J connectivity index is 0.000000233. The molecule has 0 atom stereocenters. The van der Waals surface area contributed by atoms with Crippen LogP contribution in [-0.4, -0.2) is 12.8 Å². The van der Waals surface area contributed by atoms with E-state index in [2.05, 4.69) is 133 Å². The van der Waals surface area contributed by atoms with Crippen LogP contribution in [0.5, 0.6) is 5.88 Å². The van der Waals surface area contributed by atoms with Crippen molar-refractivity contribution in [2.75, 3.05) is 6.61 Å². The number of hydrogen-bond acceptors (Lipinski definition) is 1. The van der Waals surface area contributed by atoms with Gasteiger partial charge in [-0.25, -0.2) is 0 Å². The van der Waals surface area contributed by atoms with E-state index in [0.29, 0.717) is 0 Å². The number of ether oxygens (including phenoxy) is 1. The highest BCUT2D eigenvalue weighted by Gasteiger charge is 2.31. The molecule has 5 rings (SSSR count). The molecule has 0 amide bonds. The Morgan fingerprint density at radius 3 is 1.19 bits per heavy atom. The molecule has 0 spiro atoms. The summed E-state index contributed by atoms with van der Waals surface area (Å²) in [5.74, 6) is 0.942. The highest BCUT2D eigenvalue weighted by atomic mass is 16.5.